The van der Waals surface area contributed by atoms with E-state index in [2.05, 4.69) is 27.1 Å². The van der Waals surface area contributed by atoms with Crippen molar-refractivity contribution in [1.82, 2.24) is 29.6 Å². The van der Waals surface area contributed by atoms with Gasteiger partial charge >= 0.3 is 12.2 Å². The molecule has 0 radical (unpaired) electrons. The lowest BCUT2D eigenvalue weighted by atomic mass is 10.1. The number of nitrogens with zero attached hydrogens (tertiary/aromatic N) is 6. The van der Waals surface area contributed by atoms with Crippen molar-refractivity contribution in [3.05, 3.63) is 35.4 Å². The van der Waals surface area contributed by atoms with Crippen molar-refractivity contribution < 1.29 is 23.9 Å². The van der Waals surface area contributed by atoms with Gasteiger partial charge in [0.1, 0.15) is 11.2 Å². The van der Waals surface area contributed by atoms with Crippen LogP contribution in [-0.4, -0.2) is 160 Å². The molecule has 1 atom stereocenters. The molecule has 0 N–H and O–H groups in total. The number of hydrogen-bond acceptors (Lipinski definition) is 10. The van der Waals surface area contributed by atoms with Crippen molar-refractivity contribution in [2.45, 2.75) is 97.8 Å². The van der Waals surface area contributed by atoms with Crippen LogP contribution >= 0.6 is 23.5 Å². The van der Waals surface area contributed by atoms with E-state index in [1.165, 1.54) is 5.56 Å². The third-order valence-corrected chi connectivity index (χ3v) is 11.8. The zero-order chi connectivity index (χ0) is 38.3. The van der Waals surface area contributed by atoms with Crippen molar-refractivity contribution in [2.24, 2.45) is 0 Å². The summed E-state index contributed by atoms with van der Waals surface area (Å²) in [5.74, 6) is 4.44. The molecule has 9 rings (SSSR count). The van der Waals surface area contributed by atoms with E-state index in [0.717, 1.165) is 94.4 Å². The Morgan fingerprint density at radius 3 is 1.53 bits per heavy atom. The molecule has 2 saturated heterocycles. The summed E-state index contributed by atoms with van der Waals surface area (Å²) in [6.45, 7) is 20.4. The molecule has 0 aromatic heterocycles. The Bertz CT molecular complexity index is 1260. The standard InChI is InChI=1S/C40H68N6O5S2/c1-39(2,3)50-37(48)43-21-8-22-46-28-27-44(38(49)51-40(4,5)6)20-7-19-42(25-26-43)36(47)35-15-13-34(14-16-35)33-41-17-9-29-52-31-11-23-45(46)24-12-32-53-30-10-18-41/h13-16H,7-12,17-33H2,1-6H3. The molecule has 11 nitrogen and oxygen atoms in total. The quantitative estimate of drug-likeness (QED) is 0.282. The first-order chi connectivity index (χ1) is 25.3. The minimum Gasteiger partial charge on any atom is -0.444 e. The molecule has 8 aliphatic rings. The fraction of sp³-hybridized carbons (Fsp3) is 0.775. The number of benzene rings is 1. The van der Waals surface area contributed by atoms with Gasteiger partial charge in [0.25, 0.3) is 5.91 Å². The molecule has 1 aromatic rings. The van der Waals surface area contributed by atoms with E-state index in [4.69, 9.17) is 9.47 Å². The number of hydrazine groups is 1. The number of amides is 3. The molecule has 300 valence electrons. The maximum Gasteiger partial charge on any atom is 0.410 e. The summed E-state index contributed by atoms with van der Waals surface area (Å²) < 4.78 is 11.8. The third-order valence-electron chi connectivity index (χ3n) is 9.50. The molecule has 0 aliphatic carbocycles. The van der Waals surface area contributed by atoms with Crippen molar-refractivity contribution >= 4 is 41.6 Å². The highest BCUT2D eigenvalue weighted by molar-refractivity contribution is 7.99. The van der Waals surface area contributed by atoms with Crippen LogP contribution in [-0.2, 0) is 16.0 Å². The highest BCUT2D eigenvalue weighted by Gasteiger charge is 2.28. The highest BCUT2D eigenvalue weighted by Crippen LogP contribution is 2.18. The van der Waals surface area contributed by atoms with Crippen molar-refractivity contribution in [3.63, 3.8) is 0 Å². The van der Waals surface area contributed by atoms with E-state index >= 15 is 0 Å². The lowest BCUT2D eigenvalue weighted by molar-refractivity contribution is -0.0372. The molecule has 3 amide bonds. The number of ether oxygens (including phenoxy) is 2. The average molecular weight is 777 g/mol. The van der Waals surface area contributed by atoms with E-state index in [1.54, 1.807) is 4.90 Å². The molecule has 8 aliphatic heterocycles. The SMILES string of the molecule is CC(C)(C)OC(=O)N1CCCN2CCN(C(=O)OC(C)(C)C)CCCN(CC1)C(=O)c1ccc(cc1)CN1CCCSCCCN2CCCSCCC1. The predicted molar refractivity (Wildman–Crippen MR) is 219 cm³/mol. The van der Waals surface area contributed by atoms with Crippen LogP contribution in [0.3, 0.4) is 0 Å². The minimum absolute atomic E-state index is 0.0684. The molecular weight excluding hydrogens is 709 g/mol. The second-order valence-electron chi connectivity index (χ2n) is 16.5. The molecular formula is C40H68N6O5S2. The predicted octanol–water partition coefficient (Wildman–Crippen LogP) is 6.77. The second kappa shape index (κ2) is 21.8. The minimum atomic E-state index is -0.629. The van der Waals surface area contributed by atoms with Crippen LogP contribution in [0.25, 0.3) is 0 Å². The normalized spacial score (nSPS) is 24.7. The first-order valence-electron chi connectivity index (χ1n) is 20.0. The fourth-order valence-corrected chi connectivity index (χ4v) is 8.61. The Balaban J connectivity index is 1.73. The van der Waals surface area contributed by atoms with Gasteiger partial charge in [0, 0.05) is 77.6 Å². The van der Waals surface area contributed by atoms with Crippen LogP contribution < -0.4 is 0 Å². The van der Waals surface area contributed by atoms with E-state index in [0.29, 0.717) is 57.8 Å². The maximum absolute atomic E-state index is 14.2. The van der Waals surface area contributed by atoms with Gasteiger partial charge in [-0.15, -0.1) is 0 Å². The average Bonchev–Trinajstić information content (AvgIpc) is 3.08. The fourth-order valence-electron chi connectivity index (χ4n) is 6.87. The number of thioether (sulfide) groups is 2. The van der Waals surface area contributed by atoms with Crippen LogP contribution in [0.5, 0.6) is 0 Å². The zero-order valence-corrected chi connectivity index (χ0v) is 35.2. The van der Waals surface area contributed by atoms with Crippen LogP contribution in [0.4, 0.5) is 9.59 Å². The second-order valence-corrected chi connectivity index (χ2v) is 18.9. The van der Waals surface area contributed by atoms with Gasteiger partial charge < -0.3 is 24.2 Å². The van der Waals surface area contributed by atoms with Crippen LogP contribution in [0, 0.1) is 0 Å². The number of carbonyl (C=O) groups excluding carboxylic acids is 3. The summed E-state index contributed by atoms with van der Waals surface area (Å²) in [6.07, 6.45) is 5.15. The van der Waals surface area contributed by atoms with Gasteiger partial charge in [-0.3, -0.25) is 9.69 Å². The van der Waals surface area contributed by atoms with Gasteiger partial charge in [0.05, 0.1) is 0 Å². The Morgan fingerprint density at radius 1 is 0.547 bits per heavy atom. The Morgan fingerprint density at radius 2 is 1.00 bits per heavy atom. The summed E-state index contributed by atoms with van der Waals surface area (Å²) >= 11 is 4.10. The number of hydrogen-bond donors (Lipinski definition) is 0. The van der Waals surface area contributed by atoms with Gasteiger partial charge in [0.15, 0.2) is 0 Å². The first kappa shape index (κ1) is 43.5. The van der Waals surface area contributed by atoms with Gasteiger partial charge in [-0.05, 0) is 134 Å². The summed E-state index contributed by atoms with van der Waals surface area (Å²) in [7, 11) is 0. The van der Waals surface area contributed by atoms with E-state index in [9.17, 15) is 14.4 Å². The van der Waals surface area contributed by atoms with Crippen molar-refractivity contribution in [1.29, 1.82) is 0 Å². The maximum atomic E-state index is 14.2. The van der Waals surface area contributed by atoms with E-state index in [-0.39, 0.29) is 18.1 Å². The monoisotopic (exact) mass is 776 g/mol. The van der Waals surface area contributed by atoms with Gasteiger partial charge in [-0.2, -0.15) is 23.5 Å². The van der Waals surface area contributed by atoms with Crippen LogP contribution in [0.2, 0.25) is 0 Å². The summed E-state index contributed by atoms with van der Waals surface area (Å²) in [4.78, 5) is 49.5. The number of carbonyl (C=O) groups is 3. The molecule has 1 unspecified atom stereocenters. The molecule has 0 spiro atoms. The van der Waals surface area contributed by atoms with Gasteiger partial charge in [0.2, 0.25) is 0 Å². The smallest absolute Gasteiger partial charge is 0.410 e. The molecule has 13 heteroatoms. The van der Waals surface area contributed by atoms with Gasteiger partial charge in [-0.1, -0.05) is 12.1 Å². The topological polar surface area (TPSA) is 89.1 Å². The Kier molecular flexibility index (Phi) is 17.9. The lowest BCUT2D eigenvalue weighted by Crippen LogP contribution is -2.51. The largest absolute Gasteiger partial charge is 0.444 e. The molecule has 1 aromatic carbocycles. The summed E-state index contributed by atoms with van der Waals surface area (Å²) in [6, 6.07) is 8.11. The van der Waals surface area contributed by atoms with Crippen LogP contribution in [0.15, 0.2) is 24.3 Å². The molecule has 53 heavy (non-hydrogen) atoms. The molecule has 0 saturated carbocycles. The highest BCUT2D eigenvalue weighted by atomic mass is 32.2. The molecule has 2 fully saturated rings. The van der Waals surface area contributed by atoms with Crippen molar-refractivity contribution in [3.8, 4) is 0 Å². The van der Waals surface area contributed by atoms with Crippen molar-refractivity contribution in [2.75, 3.05) is 102 Å². The van der Waals surface area contributed by atoms with Crippen LogP contribution in [0.1, 0.15) is 96.0 Å². The zero-order valence-electron chi connectivity index (χ0n) is 33.6. The number of rotatable bonds is 0. The Hall–Kier alpha value is -2.19. The lowest BCUT2D eigenvalue weighted by Gasteiger charge is -2.38. The van der Waals surface area contributed by atoms with Gasteiger partial charge in [-0.25, -0.2) is 19.6 Å². The summed E-state index contributed by atoms with van der Waals surface area (Å²) in [5, 5.41) is 4.95. The molecule has 8 heterocycles. The van der Waals surface area contributed by atoms with E-state index < -0.39 is 11.2 Å². The Labute approximate surface area is 328 Å². The third kappa shape index (κ3) is 16.2. The first-order valence-corrected chi connectivity index (χ1v) is 22.3. The molecule has 6 bridgehead atoms. The summed E-state index contributed by atoms with van der Waals surface area (Å²) in [5.41, 5.74) is 0.606. The van der Waals surface area contributed by atoms with E-state index in [1.807, 2.05) is 87.0 Å².